The second-order valence-electron chi connectivity index (χ2n) is 3.95. The van der Waals surface area contributed by atoms with Gasteiger partial charge in [0.05, 0.1) is 20.6 Å². The van der Waals surface area contributed by atoms with Gasteiger partial charge < -0.3 is 20.1 Å². The molecule has 0 bridgehead atoms. The Morgan fingerprint density at radius 2 is 1.94 bits per heavy atom. The standard InChI is InChI=1S/C12H12ClN3O2/c1-17-8-3-6-7(4-9(8)18-2)16-12-10(6)11(13)14-5-15-12/h3-5,12,16H,1-2H3,(H,14,15). The Labute approximate surface area is 109 Å². The lowest BCUT2D eigenvalue weighted by molar-refractivity contribution is 0.355. The minimum Gasteiger partial charge on any atom is -0.493 e. The maximum absolute atomic E-state index is 6.18. The van der Waals surface area contributed by atoms with Gasteiger partial charge in [-0.15, -0.1) is 0 Å². The van der Waals surface area contributed by atoms with E-state index in [4.69, 9.17) is 21.1 Å². The molecule has 3 rings (SSSR count). The summed E-state index contributed by atoms with van der Waals surface area (Å²) >= 11 is 6.18. The third-order valence-corrected chi connectivity index (χ3v) is 3.34. The maximum atomic E-state index is 6.18. The molecule has 1 unspecified atom stereocenters. The molecule has 0 radical (unpaired) electrons. The van der Waals surface area contributed by atoms with E-state index in [9.17, 15) is 0 Å². The quantitative estimate of drug-likeness (QED) is 0.803. The number of rotatable bonds is 2. The summed E-state index contributed by atoms with van der Waals surface area (Å²) in [6.07, 6.45) is 1.44. The Morgan fingerprint density at radius 1 is 1.22 bits per heavy atom. The van der Waals surface area contributed by atoms with Crippen LogP contribution in [0, 0.1) is 0 Å². The molecule has 0 amide bonds. The number of methoxy groups -OCH3 is 2. The van der Waals surface area contributed by atoms with E-state index in [1.54, 1.807) is 20.6 Å². The van der Waals surface area contributed by atoms with Crippen LogP contribution in [0.4, 0.5) is 5.69 Å². The number of benzene rings is 1. The molecule has 0 aromatic heterocycles. The van der Waals surface area contributed by atoms with Crippen molar-refractivity contribution in [3.8, 4) is 11.5 Å². The van der Waals surface area contributed by atoms with Crippen molar-refractivity contribution in [3.05, 3.63) is 22.9 Å². The number of hydrogen-bond acceptors (Lipinski definition) is 5. The SMILES string of the molecule is COc1cc2c(cc1OC)C1=C(Cl)NC=NC1N2. The molecule has 0 aliphatic carbocycles. The predicted octanol–water partition coefficient (Wildman–Crippen LogP) is 1.99. The van der Waals surface area contributed by atoms with Crippen molar-refractivity contribution < 1.29 is 9.47 Å². The van der Waals surface area contributed by atoms with Gasteiger partial charge in [0.25, 0.3) is 0 Å². The highest BCUT2D eigenvalue weighted by Crippen LogP contribution is 2.44. The fraction of sp³-hybridized carbons (Fsp3) is 0.250. The monoisotopic (exact) mass is 265 g/mol. The minimum atomic E-state index is -0.148. The van der Waals surface area contributed by atoms with Crippen molar-refractivity contribution in [1.29, 1.82) is 0 Å². The molecule has 2 N–H and O–H groups in total. The Morgan fingerprint density at radius 3 is 2.67 bits per heavy atom. The first-order valence-corrected chi connectivity index (χ1v) is 5.83. The number of hydrogen-bond donors (Lipinski definition) is 2. The summed E-state index contributed by atoms with van der Waals surface area (Å²) in [4.78, 5) is 4.30. The summed E-state index contributed by atoms with van der Waals surface area (Å²) < 4.78 is 10.6. The van der Waals surface area contributed by atoms with E-state index < -0.39 is 0 Å². The van der Waals surface area contributed by atoms with Crippen LogP contribution in [0.5, 0.6) is 11.5 Å². The van der Waals surface area contributed by atoms with Crippen molar-refractivity contribution >= 4 is 29.2 Å². The first-order chi connectivity index (χ1) is 8.74. The molecule has 2 aliphatic heterocycles. The molecule has 0 fully saturated rings. The fourth-order valence-corrected chi connectivity index (χ4v) is 2.44. The highest BCUT2D eigenvalue weighted by atomic mass is 35.5. The summed E-state index contributed by atoms with van der Waals surface area (Å²) in [5.41, 5.74) is 2.84. The maximum Gasteiger partial charge on any atom is 0.162 e. The first-order valence-electron chi connectivity index (χ1n) is 5.45. The third kappa shape index (κ3) is 1.51. The zero-order valence-electron chi connectivity index (χ0n) is 9.95. The van der Waals surface area contributed by atoms with Crippen LogP contribution in [0.2, 0.25) is 0 Å². The molecule has 18 heavy (non-hydrogen) atoms. The zero-order chi connectivity index (χ0) is 12.7. The smallest absolute Gasteiger partial charge is 0.162 e. The molecule has 2 aliphatic rings. The van der Waals surface area contributed by atoms with E-state index in [1.807, 2.05) is 12.1 Å². The van der Waals surface area contributed by atoms with Crippen LogP contribution in [-0.4, -0.2) is 26.7 Å². The number of anilines is 1. The number of fused-ring (bicyclic) bond motifs is 3. The molecule has 0 spiro atoms. The predicted molar refractivity (Wildman–Crippen MR) is 71.4 cm³/mol. The topological polar surface area (TPSA) is 54.9 Å². The van der Waals surface area contributed by atoms with Gasteiger partial charge in [0.1, 0.15) is 11.3 Å². The van der Waals surface area contributed by atoms with E-state index in [0.717, 1.165) is 16.8 Å². The van der Waals surface area contributed by atoms with Crippen LogP contribution in [0.1, 0.15) is 5.56 Å². The summed E-state index contributed by atoms with van der Waals surface area (Å²) in [6, 6.07) is 3.79. The highest BCUT2D eigenvalue weighted by Gasteiger charge is 2.31. The van der Waals surface area contributed by atoms with Gasteiger partial charge in [-0.05, 0) is 6.07 Å². The third-order valence-electron chi connectivity index (χ3n) is 3.03. The van der Waals surface area contributed by atoms with Crippen LogP contribution in [0.3, 0.4) is 0 Å². The largest absolute Gasteiger partial charge is 0.493 e. The van der Waals surface area contributed by atoms with Crippen LogP contribution in [0.15, 0.2) is 22.3 Å². The average Bonchev–Trinajstić information content (AvgIpc) is 2.75. The van der Waals surface area contributed by atoms with E-state index in [1.165, 1.54) is 0 Å². The Kier molecular flexibility index (Phi) is 2.56. The van der Waals surface area contributed by atoms with E-state index >= 15 is 0 Å². The lowest BCUT2D eigenvalue weighted by Crippen LogP contribution is -2.23. The summed E-state index contributed by atoms with van der Waals surface area (Å²) in [5.74, 6) is 1.35. The summed E-state index contributed by atoms with van der Waals surface area (Å²) in [7, 11) is 3.22. The van der Waals surface area contributed by atoms with Crippen LogP contribution in [-0.2, 0) is 0 Å². The molecule has 1 aromatic carbocycles. The molecule has 6 heteroatoms. The summed E-state index contributed by atoms with van der Waals surface area (Å²) in [6.45, 7) is 0. The van der Waals surface area contributed by atoms with Crippen LogP contribution >= 0.6 is 11.6 Å². The Balaban J connectivity index is 2.16. The van der Waals surface area contributed by atoms with Crippen LogP contribution < -0.4 is 20.1 Å². The van der Waals surface area contributed by atoms with Gasteiger partial charge in [-0.25, -0.2) is 4.99 Å². The number of aliphatic imine (C=N–C) groups is 1. The number of halogens is 1. The second-order valence-corrected chi connectivity index (χ2v) is 4.33. The normalized spacial score (nSPS) is 19.8. The zero-order valence-corrected chi connectivity index (χ0v) is 10.7. The first kappa shape index (κ1) is 11.2. The van der Waals surface area contributed by atoms with Gasteiger partial charge in [-0.2, -0.15) is 0 Å². The van der Waals surface area contributed by atoms with Gasteiger partial charge in [-0.1, -0.05) is 11.6 Å². The highest BCUT2D eigenvalue weighted by molar-refractivity contribution is 6.34. The van der Waals surface area contributed by atoms with Crippen molar-refractivity contribution in [2.45, 2.75) is 6.17 Å². The molecule has 0 saturated carbocycles. The average molecular weight is 266 g/mol. The molecule has 1 atom stereocenters. The molecular formula is C12H12ClN3O2. The fourth-order valence-electron chi connectivity index (χ4n) is 2.18. The lowest BCUT2D eigenvalue weighted by Gasteiger charge is -2.15. The Hall–Kier alpha value is -1.88. The van der Waals surface area contributed by atoms with Crippen molar-refractivity contribution in [2.24, 2.45) is 4.99 Å². The number of ether oxygens (including phenoxy) is 2. The van der Waals surface area contributed by atoms with E-state index in [-0.39, 0.29) is 6.17 Å². The van der Waals surface area contributed by atoms with Gasteiger partial charge in [0.2, 0.25) is 0 Å². The molecule has 1 aromatic rings. The minimum absolute atomic E-state index is 0.148. The number of nitrogens with zero attached hydrogens (tertiary/aromatic N) is 1. The number of nitrogens with one attached hydrogen (secondary N) is 2. The lowest BCUT2D eigenvalue weighted by atomic mass is 10.1. The van der Waals surface area contributed by atoms with Crippen molar-refractivity contribution in [2.75, 3.05) is 19.5 Å². The van der Waals surface area contributed by atoms with Gasteiger partial charge in [0, 0.05) is 22.9 Å². The van der Waals surface area contributed by atoms with Crippen LogP contribution in [0.25, 0.3) is 5.57 Å². The van der Waals surface area contributed by atoms with Gasteiger partial charge in [0.15, 0.2) is 11.5 Å². The Bertz CT molecular complexity index is 569. The molecule has 94 valence electrons. The second kappa shape index (κ2) is 4.10. The van der Waals surface area contributed by atoms with Gasteiger partial charge >= 0.3 is 0 Å². The van der Waals surface area contributed by atoms with Crippen molar-refractivity contribution in [1.82, 2.24) is 5.32 Å². The molecule has 2 heterocycles. The van der Waals surface area contributed by atoms with Crippen molar-refractivity contribution in [3.63, 3.8) is 0 Å². The molecule has 0 saturated heterocycles. The van der Waals surface area contributed by atoms with E-state index in [2.05, 4.69) is 15.6 Å². The molecule has 5 nitrogen and oxygen atoms in total. The molecular weight excluding hydrogens is 254 g/mol. The van der Waals surface area contributed by atoms with E-state index in [0.29, 0.717) is 16.7 Å². The summed E-state index contributed by atoms with van der Waals surface area (Å²) in [5, 5.41) is 6.76. The van der Waals surface area contributed by atoms with Gasteiger partial charge in [-0.3, -0.25) is 0 Å².